The smallest absolute Gasteiger partial charge is 0.119 e. The fraction of sp³-hybridized carbons (Fsp3) is 0.455. The second-order valence-electron chi connectivity index (χ2n) is 3.27. The molecule has 0 aliphatic carbocycles. The van der Waals surface area contributed by atoms with E-state index < -0.39 is 6.10 Å². The highest BCUT2D eigenvalue weighted by Gasteiger charge is 2.11. The van der Waals surface area contributed by atoms with Crippen LogP contribution in [0.2, 0.25) is 0 Å². The van der Waals surface area contributed by atoms with Crippen LogP contribution in [-0.4, -0.2) is 17.8 Å². The lowest BCUT2D eigenvalue weighted by Gasteiger charge is -2.15. The van der Waals surface area contributed by atoms with Crippen molar-refractivity contribution in [2.75, 3.05) is 6.61 Å². The van der Waals surface area contributed by atoms with Gasteiger partial charge in [-0.3, -0.25) is 0 Å². The van der Waals surface area contributed by atoms with E-state index in [1.54, 1.807) is 6.92 Å². The molecule has 2 atom stereocenters. The van der Waals surface area contributed by atoms with E-state index in [4.69, 9.17) is 10.5 Å². The number of hydrogen-bond donors (Lipinski definition) is 2. The lowest BCUT2D eigenvalue weighted by molar-refractivity contribution is 0.164. The highest BCUT2D eigenvalue weighted by atomic mass is 35.5. The molecule has 3 nitrogen and oxygen atoms in total. The van der Waals surface area contributed by atoms with Crippen LogP contribution in [0.3, 0.4) is 0 Å². The molecule has 0 amide bonds. The summed E-state index contributed by atoms with van der Waals surface area (Å²) >= 11 is 0. The summed E-state index contributed by atoms with van der Waals surface area (Å²) in [4.78, 5) is 0. The Morgan fingerprint density at radius 2 is 1.87 bits per heavy atom. The maximum Gasteiger partial charge on any atom is 0.119 e. The van der Waals surface area contributed by atoms with Crippen LogP contribution in [0.25, 0.3) is 0 Å². The molecule has 0 fully saturated rings. The van der Waals surface area contributed by atoms with Crippen molar-refractivity contribution in [3.63, 3.8) is 0 Å². The van der Waals surface area contributed by atoms with Crippen LogP contribution in [0.4, 0.5) is 0 Å². The highest BCUT2D eigenvalue weighted by Crippen LogP contribution is 2.18. The largest absolute Gasteiger partial charge is 0.494 e. The summed E-state index contributed by atoms with van der Waals surface area (Å²) < 4.78 is 5.30. The molecule has 15 heavy (non-hydrogen) atoms. The van der Waals surface area contributed by atoms with Crippen molar-refractivity contribution in [3.8, 4) is 5.75 Å². The van der Waals surface area contributed by atoms with Gasteiger partial charge < -0.3 is 15.6 Å². The Balaban J connectivity index is 0.00000196. The van der Waals surface area contributed by atoms with Crippen LogP contribution < -0.4 is 10.5 Å². The zero-order valence-electron chi connectivity index (χ0n) is 9.01. The van der Waals surface area contributed by atoms with Crippen molar-refractivity contribution in [2.24, 2.45) is 5.73 Å². The average molecular weight is 232 g/mol. The summed E-state index contributed by atoms with van der Waals surface area (Å²) in [5.41, 5.74) is 6.69. The molecule has 0 unspecified atom stereocenters. The fourth-order valence-electron chi connectivity index (χ4n) is 1.23. The number of halogens is 1. The second kappa shape index (κ2) is 6.67. The summed E-state index contributed by atoms with van der Waals surface area (Å²) in [7, 11) is 0. The summed E-state index contributed by atoms with van der Waals surface area (Å²) in [5, 5.41) is 9.29. The fourth-order valence-corrected chi connectivity index (χ4v) is 1.23. The van der Waals surface area contributed by atoms with Gasteiger partial charge in [-0.25, -0.2) is 0 Å². The van der Waals surface area contributed by atoms with Crippen LogP contribution in [0.5, 0.6) is 5.75 Å². The number of aliphatic hydroxyl groups is 1. The molecular weight excluding hydrogens is 214 g/mol. The van der Waals surface area contributed by atoms with Gasteiger partial charge in [0.25, 0.3) is 0 Å². The standard InChI is InChI=1S/C11H17NO2.ClH/c1-3-14-10-6-4-9(5-7-10)11(12)8(2)13;/h4-8,11,13H,3,12H2,1-2H3;1H/t8-,11-;/m1./s1. The van der Waals surface area contributed by atoms with Crippen molar-refractivity contribution in [3.05, 3.63) is 29.8 Å². The molecule has 86 valence electrons. The normalized spacial score (nSPS) is 13.9. The molecule has 0 aliphatic heterocycles. The maximum absolute atomic E-state index is 9.29. The number of ether oxygens (including phenoxy) is 1. The van der Waals surface area contributed by atoms with Gasteiger partial charge in [0.05, 0.1) is 18.8 Å². The summed E-state index contributed by atoms with van der Waals surface area (Å²) in [6, 6.07) is 7.15. The Kier molecular flexibility index (Phi) is 6.32. The molecule has 4 heteroatoms. The summed E-state index contributed by atoms with van der Waals surface area (Å²) in [6.07, 6.45) is -0.534. The zero-order chi connectivity index (χ0) is 10.6. The molecule has 3 N–H and O–H groups in total. The first-order chi connectivity index (χ1) is 6.65. The monoisotopic (exact) mass is 231 g/mol. The maximum atomic E-state index is 9.29. The quantitative estimate of drug-likeness (QED) is 0.832. The molecule has 0 aliphatic rings. The molecule has 1 aromatic carbocycles. The predicted octanol–water partition coefficient (Wildman–Crippen LogP) is 1.89. The Hall–Kier alpha value is -0.770. The van der Waals surface area contributed by atoms with Gasteiger partial charge in [0.15, 0.2) is 0 Å². The number of hydrogen-bond acceptors (Lipinski definition) is 3. The molecule has 0 aromatic heterocycles. The Morgan fingerprint density at radius 3 is 2.27 bits per heavy atom. The number of benzene rings is 1. The van der Waals surface area contributed by atoms with Gasteiger partial charge in [-0.05, 0) is 31.5 Å². The Labute approximate surface area is 96.7 Å². The summed E-state index contributed by atoms with van der Waals surface area (Å²) in [6.45, 7) is 4.28. The second-order valence-corrected chi connectivity index (χ2v) is 3.27. The topological polar surface area (TPSA) is 55.5 Å². The minimum atomic E-state index is -0.534. The lowest BCUT2D eigenvalue weighted by Crippen LogP contribution is -2.22. The lowest BCUT2D eigenvalue weighted by atomic mass is 10.0. The van der Waals surface area contributed by atoms with Crippen molar-refractivity contribution < 1.29 is 9.84 Å². The highest BCUT2D eigenvalue weighted by molar-refractivity contribution is 5.85. The number of nitrogens with two attached hydrogens (primary N) is 1. The molecule has 0 saturated carbocycles. The van der Waals surface area contributed by atoms with Gasteiger partial charge in [0.2, 0.25) is 0 Å². The van der Waals surface area contributed by atoms with Crippen LogP contribution in [0.15, 0.2) is 24.3 Å². The third-order valence-electron chi connectivity index (χ3n) is 2.10. The molecule has 0 spiro atoms. The minimum absolute atomic E-state index is 0. The zero-order valence-corrected chi connectivity index (χ0v) is 9.83. The summed E-state index contributed by atoms with van der Waals surface area (Å²) in [5.74, 6) is 0.828. The van der Waals surface area contributed by atoms with E-state index >= 15 is 0 Å². The van der Waals surface area contributed by atoms with Gasteiger partial charge >= 0.3 is 0 Å². The predicted molar refractivity (Wildman–Crippen MR) is 63.5 cm³/mol. The first-order valence-corrected chi connectivity index (χ1v) is 4.81. The van der Waals surface area contributed by atoms with E-state index in [1.165, 1.54) is 0 Å². The van der Waals surface area contributed by atoms with E-state index in [9.17, 15) is 5.11 Å². The van der Waals surface area contributed by atoms with Crippen molar-refractivity contribution in [1.29, 1.82) is 0 Å². The van der Waals surface area contributed by atoms with E-state index in [-0.39, 0.29) is 18.4 Å². The minimum Gasteiger partial charge on any atom is -0.494 e. The van der Waals surface area contributed by atoms with Crippen LogP contribution in [0.1, 0.15) is 25.5 Å². The first kappa shape index (κ1) is 14.2. The number of rotatable bonds is 4. The van der Waals surface area contributed by atoms with Gasteiger partial charge in [0.1, 0.15) is 5.75 Å². The van der Waals surface area contributed by atoms with E-state index in [0.717, 1.165) is 11.3 Å². The van der Waals surface area contributed by atoms with E-state index in [2.05, 4.69) is 0 Å². The molecule has 1 aromatic rings. The van der Waals surface area contributed by atoms with Crippen LogP contribution in [-0.2, 0) is 0 Å². The number of aliphatic hydroxyl groups excluding tert-OH is 1. The molecular formula is C11H18ClNO2. The molecule has 0 radical (unpaired) electrons. The molecule has 0 saturated heterocycles. The molecule has 0 heterocycles. The Bertz CT molecular complexity index is 274. The SMILES string of the molecule is CCOc1ccc([C@H](N)[C@@H](C)O)cc1.Cl. The third kappa shape index (κ3) is 4.08. The van der Waals surface area contributed by atoms with Crippen LogP contribution in [0, 0.1) is 0 Å². The van der Waals surface area contributed by atoms with E-state index in [1.807, 2.05) is 31.2 Å². The van der Waals surface area contributed by atoms with Crippen molar-refractivity contribution in [1.82, 2.24) is 0 Å². The van der Waals surface area contributed by atoms with Crippen LogP contribution >= 0.6 is 12.4 Å². The average Bonchev–Trinajstić information content (AvgIpc) is 2.18. The van der Waals surface area contributed by atoms with Gasteiger partial charge in [-0.2, -0.15) is 0 Å². The van der Waals surface area contributed by atoms with Crippen molar-refractivity contribution >= 4 is 12.4 Å². The van der Waals surface area contributed by atoms with Gasteiger partial charge in [-0.15, -0.1) is 12.4 Å². The molecule has 0 bridgehead atoms. The van der Waals surface area contributed by atoms with E-state index in [0.29, 0.717) is 6.61 Å². The third-order valence-corrected chi connectivity index (χ3v) is 2.10. The van der Waals surface area contributed by atoms with Gasteiger partial charge in [-0.1, -0.05) is 12.1 Å². The molecule has 1 rings (SSSR count). The first-order valence-electron chi connectivity index (χ1n) is 4.81. The van der Waals surface area contributed by atoms with Crippen molar-refractivity contribution in [2.45, 2.75) is 26.0 Å². The van der Waals surface area contributed by atoms with Gasteiger partial charge in [0, 0.05) is 0 Å². The Morgan fingerprint density at radius 1 is 1.33 bits per heavy atom.